The van der Waals surface area contributed by atoms with Gasteiger partial charge in [0.05, 0.1) is 5.54 Å². The van der Waals surface area contributed by atoms with Crippen molar-refractivity contribution in [3.63, 3.8) is 0 Å². The molecule has 0 aliphatic heterocycles. The summed E-state index contributed by atoms with van der Waals surface area (Å²) in [5.41, 5.74) is -1.35. The van der Waals surface area contributed by atoms with Gasteiger partial charge >= 0.3 is 6.09 Å². The molecule has 0 bridgehead atoms. The second-order valence-electron chi connectivity index (χ2n) is 5.26. The fourth-order valence-corrected chi connectivity index (χ4v) is 1.77. The van der Waals surface area contributed by atoms with Crippen molar-refractivity contribution in [2.24, 2.45) is 0 Å². The minimum atomic E-state index is -0.800. The molecule has 0 rings (SSSR count). The molecular weight excluding hydrogens is 238 g/mol. The first-order chi connectivity index (χ1) is 7.66. The fourth-order valence-electron chi connectivity index (χ4n) is 1.15. The maximum atomic E-state index is 11.9. The minimum absolute atomic E-state index is 0.465. The zero-order chi connectivity index (χ0) is 13.7. The highest BCUT2D eigenvalue weighted by molar-refractivity contribution is 7.98. The third-order valence-corrected chi connectivity index (χ3v) is 3.11. The van der Waals surface area contributed by atoms with E-state index in [1.807, 2.05) is 6.26 Å². The Kier molecular flexibility index (Phi) is 6.02. The van der Waals surface area contributed by atoms with Gasteiger partial charge in [-0.2, -0.15) is 11.8 Å². The van der Waals surface area contributed by atoms with Crippen molar-refractivity contribution in [3.8, 4) is 0 Å². The van der Waals surface area contributed by atoms with Gasteiger partial charge in [-0.1, -0.05) is 0 Å². The van der Waals surface area contributed by atoms with Crippen LogP contribution in [0.3, 0.4) is 0 Å². The minimum Gasteiger partial charge on any atom is -0.444 e. The Morgan fingerprint density at radius 1 is 1.35 bits per heavy atom. The van der Waals surface area contributed by atoms with Crippen molar-refractivity contribution in [2.45, 2.75) is 45.3 Å². The van der Waals surface area contributed by atoms with Gasteiger partial charge in [-0.05, 0) is 46.1 Å². The predicted octanol–water partition coefficient (Wildman–Crippen LogP) is 2.56. The van der Waals surface area contributed by atoms with Crippen LogP contribution in [0.25, 0.3) is 0 Å². The van der Waals surface area contributed by atoms with Crippen LogP contribution in [-0.2, 0) is 9.53 Å². The first kappa shape index (κ1) is 16.3. The highest BCUT2D eigenvalue weighted by Gasteiger charge is 2.34. The third kappa shape index (κ3) is 5.44. The molecule has 0 aliphatic rings. The normalized spacial score (nSPS) is 14.9. The quantitative estimate of drug-likeness (QED) is 0.714. The van der Waals surface area contributed by atoms with Gasteiger partial charge in [-0.15, -0.1) is 0 Å². The van der Waals surface area contributed by atoms with E-state index in [2.05, 4.69) is 0 Å². The second kappa shape index (κ2) is 6.28. The Hall–Kier alpha value is -0.710. The maximum Gasteiger partial charge on any atom is 0.410 e. The van der Waals surface area contributed by atoms with Gasteiger partial charge in [0, 0.05) is 7.05 Å². The Balaban J connectivity index is 4.68. The Morgan fingerprint density at radius 2 is 1.88 bits per heavy atom. The number of aldehydes is 1. The summed E-state index contributed by atoms with van der Waals surface area (Å²) in [5, 5.41) is 0. The molecule has 0 spiro atoms. The van der Waals surface area contributed by atoms with Gasteiger partial charge in [0.2, 0.25) is 0 Å². The summed E-state index contributed by atoms with van der Waals surface area (Å²) >= 11 is 1.65. The smallest absolute Gasteiger partial charge is 0.410 e. The number of thioether (sulfide) groups is 1. The lowest BCUT2D eigenvalue weighted by molar-refractivity contribution is -0.117. The standard InChI is InChI=1S/C12H23NO3S/c1-11(2,3)16-10(15)13(5)12(4,9-14)7-8-17-6/h9H,7-8H2,1-6H3. The molecule has 17 heavy (non-hydrogen) atoms. The number of amides is 1. The number of nitrogens with zero attached hydrogens (tertiary/aromatic N) is 1. The molecule has 0 fully saturated rings. The monoisotopic (exact) mass is 261 g/mol. The van der Waals surface area contributed by atoms with Gasteiger partial charge < -0.3 is 9.53 Å². The lowest BCUT2D eigenvalue weighted by Crippen LogP contribution is -2.50. The Morgan fingerprint density at radius 3 is 2.24 bits per heavy atom. The van der Waals surface area contributed by atoms with E-state index in [0.717, 1.165) is 12.0 Å². The molecule has 1 atom stereocenters. The molecule has 100 valence electrons. The van der Waals surface area contributed by atoms with Crippen LogP contribution >= 0.6 is 11.8 Å². The molecule has 0 aromatic carbocycles. The topological polar surface area (TPSA) is 46.6 Å². The fraction of sp³-hybridized carbons (Fsp3) is 0.833. The van der Waals surface area contributed by atoms with Crippen LogP contribution in [0.15, 0.2) is 0 Å². The summed E-state index contributed by atoms with van der Waals surface area (Å²) in [5.74, 6) is 0.822. The van der Waals surface area contributed by atoms with Crippen molar-refractivity contribution in [3.05, 3.63) is 0 Å². The molecule has 0 aromatic rings. The molecular formula is C12H23NO3S. The first-order valence-electron chi connectivity index (χ1n) is 5.58. The van der Waals surface area contributed by atoms with Crippen LogP contribution < -0.4 is 0 Å². The lowest BCUT2D eigenvalue weighted by atomic mass is 10.00. The summed E-state index contributed by atoms with van der Waals surface area (Å²) in [6, 6.07) is 0. The number of carbonyl (C=O) groups is 2. The Labute approximate surface area is 108 Å². The van der Waals surface area contributed by atoms with Crippen LogP contribution in [0.1, 0.15) is 34.1 Å². The van der Waals surface area contributed by atoms with Crippen molar-refractivity contribution in [1.82, 2.24) is 4.90 Å². The molecule has 5 heteroatoms. The molecule has 1 amide bonds. The average molecular weight is 261 g/mol. The number of likely N-dealkylation sites (N-methyl/N-ethyl adjacent to an activating group) is 1. The van der Waals surface area contributed by atoms with Crippen LogP contribution in [0, 0.1) is 0 Å². The van der Waals surface area contributed by atoms with E-state index < -0.39 is 17.2 Å². The Bertz CT molecular complexity index is 275. The first-order valence-corrected chi connectivity index (χ1v) is 6.98. The third-order valence-electron chi connectivity index (χ3n) is 2.50. The SMILES string of the molecule is CSCCC(C)(C=O)N(C)C(=O)OC(C)(C)C. The van der Waals surface area contributed by atoms with Gasteiger partial charge in [-0.3, -0.25) is 4.90 Å². The van der Waals surface area contributed by atoms with Crippen molar-refractivity contribution in [2.75, 3.05) is 19.1 Å². The van der Waals surface area contributed by atoms with Crippen molar-refractivity contribution < 1.29 is 14.3 Å². The molecule has 0 aromatic heterocycles. The van der Waals surface area contributed by atoms with Crippen molar-refractivity contribution >= 4 is 24.1 Å². The van der Waals surface area contributed by atoms with Crippen LogP contribution in [-0.4, -0.2) is 47.5 Å². The van der Waals surface area contributed by atoms with Crippen LogP contribution in [0.4, 0.5) is 4.79 Å². The highest BCUT2D eigenvalue weighted by Crippen LogP contribution is 2.20. The molecule has 0 heterocycles. The number of carbonyl (C=O) groups excluding carboxylic acids is 2. The van der Waals surface area contributed by atoms with E-state index in [0.29, 0.717) is 6.42 Å². The van der Waals surface area contributed by atoms with Crippen molar-refractivity contribution in [1.29, 1.82) is 0 Å². The molecule has 4 nitrogen and oxygen atoms in total. The second-order valence-corrected chi connectivity index (χ2v) is 6.24. The number of hydrogen-bond acceptors (Lipinski definition) is 4. The summed E-state index contributed by atoms with van der Waals surface area (Å²) in [6.07, 6.45) is 2.94. The predicted molar refractivity (Wildman–Crippen MR) is 71.5 cm³/mol. The van der Waals surface area contributed by atoms with Gasteiger partial charge in [0.1, 0.15) is 11.9 Å². The van der Waals surface area contributed by atoms with E-state index in [4.69, 9.17) is 4.74 Å². The maximum absolute atomic E-state index is 11.9. The molecule has 1 unspecified atom stereocenters. The van der Waals surface area contributed by atoms with Gasteiger partial charge in [-0.25, -0.2) is 4.79 Å². The summed E-state index contributed by atoms with van der Waals surface area (Å²) in [4.78, 5) is 24.4. The zero-order valence-electron chi connectivity index (χ0n) is 11.6. The molecule has 0 saturated carbocycles. The largest absolute Gasteiger partial charge is 0.444 e. The van der Waals surface area contributed by atoms with Crippen LogP contribution in [0.2, 0.25) is 0 Å². The van der Waals surface area contributed by atoms with E-state index in [-0.39, 0.29) is 0 Å². The zero-order valence-corrected chi connectivity index (χ0v) is 12.4. The lowest BCUT2D eigenvalue weighted by Gasteiger charge is -2.35. The van der Waals surface area contributed by atoms with Gasteiger partial charge in [0.15, 0.2) is 0 Å². The molecule has 0 radical (unpaired) electrons. The van der Waals surface area contributed by atoms with E-state index >= 15 is 0 Å². The summed E-state index contributed by atoms with van der Waals surface area (Å²) < 4.78 is 5.25. The van der Waals surface area contributed by atoms with E-state index in [1.165, 1.54) is 4.90 Å². The van der Waals surface area contributed by atoms with Gasteiger partial charge in [0.25, 0.3) is 0 Å². The van der Waals surface area contributed by atoms with E-state index in [1.54, 1.807) is 46.5 Å². The summed E-state index contributed by atoms with van der Waals surface area (Å²) in [7, 11) is 1.60. The molecule has 0 N–H and O–H groups in total. The highest BCUT2D eigenvalue weighted by atomic mass is 32.2. The molecule has 0 saturated heterocycles. The number of hydrogen-bond donors (Lipinski definition) is 0. The summed E-state index contributed by atoms with van der Waals surface area (Å²) in [6.45, 7) is 7.16. The molecule has 0 aliphatic carbocycles. The number of rotatable bonds is 5. The number of ether oxygens (including phenoxy) is 1. The van der Waals surface area contributed by atoms with Crippen LogP contribution in [0.5, 0.6) is 0 Å². The average Bonchev–Trinajstić information content (AvgIpc) is 2.22. The van der Waals surface area contributed by atoms with E-state index in [9.17, 15) is 9.59 Å².